The SMILES string of the molecule is COc1ccc(CNc2nc3c(OC)cccc3c3nc(C4(I)CC4)nn23)c(OC)c1. The fourth-order valence-corrected chi connectivity index (χ4v) is 4.08. The first-order valence-corrected chi connectivity index (χ1v) is 11.0. The predicted molar refractivity (Wildman–Crippen MR) is 127 cm³/mol. The average Bonchev–Trinajstić information content (AvgIpc) is 3.38. The number of rotatable bonds is 7. The quantitative estimate of drug-likeness (QED) is 0.281. The molecule has 0 saturated heterocycles. The van der Waals surface area contributed by atoms with Gasteiger partial charge in [-0.05, 0) is 37.1 Å². The number of methoxy groups -OCH3 is 3. The molecule has 1 saturated carbocycles. The molecule has 0 spiro atoms. The third-order valence-corrected chi connectivity index (χ3v) is 7.07. The van der Waals surface area contributed by atoms with Gasteiger partial charge in [-0.15, -0.1) is 5.10 Å². The van der Waals surface area contributed by atoms with Gasteiger partial charge in [0, 0.05) is 23.6 Å². The number of nitrogens with one attached hydrogen (secondary N) is 1. The number of aromatic nitrogens is 4. The summed E-state index contributed by atoms with van der Waals surface area (Å²) >= 11 is 2.45. The number of anilines is 1. The van der Waals surface area contributed by atoms with Crippen LogP contribution >= 0.6 is 22.6 Å². The maximum atomic E-state index is 5.56. The molecule has 9 heteroatoms. The third-order valence-electron chi connectivity index (χ3n) is 5.51. The molecule has 1 N–H and O–H groups in total. The van der Waals surface area contributed by atoms with E-state index >= 15 is 0 Å². The van der Waals surface area contributed by atoms with Crippen LogP contribution in [-0.2, 0) is 9.97 Å². The van der Waals surface area contributed by atoms with E-state index in [1.165, 1.54) is 0 Å². The zero-order chi connectivity index (χ0) is 21.6. The second-order valence-electron chi connectivity index (χ2n) is 7.46. The van der Waals surface area contributed by atoms with Gasteiger partial charge in [0.05, 0.1) is 24.8 Å². The van der Waals surface area contributed by atoms with Gasteiger partial charge in [0.1, 0.15) is 22.8 Å². The molecular formula is C22H22IN5O3. The maximum Gasteiger partial charge on any atom is 0.226 e. The Balaban J connectivity index is 1.61. The van der Waals surface area contributed by atoms with Gasteiger partial charge in [-0.1, -0.05) is 28.7 Å². The van der Waals surface area contributed by atoms with Crippen molar-refractivity contribution in [3.8, 4) is 17.2 Å². The fraction of sp³-hybridized carbons (Fsp3) is 0.318. The molecule has 1 aliphatic rings. The highest BCUT2D eigenvalue weighted by atomic mass is 127. The summed E-state index contributed by atoms with van der Waals surface area (Å²) in [6, 6.07) is 11.6. The highest BCUT2D eigenvalue weighted by Gasteiger charge is 2.45. The molecule has 1 fully saturated rings. The van der Waals surface area contributed by atoms with Gasteiger partial charge >= 0.3 is 0 Å². The Kier molecular flexibility index (Phi) is 4.99. The number of hydrogen-bond acceptors (Lipinski definition) is 7. The molecule has 1 aliphatic carbocycles. The van der Waals surface area contributed by atoms with Gasteiger partial charge in [0.25, 0.3) is 0 Å². The molecule has 2 aromatic carbocycles. The highest BCUT2D eigenvalue weighted by Crippen LogP contribution is 2.53. The Hall–Kier alpha value is -2.82. The number of halogens is 1. The van der Waals surface area contributed by atoms with E-state index in [0.717, 1.165) is 52.3 Å². The van der Waals surface area contributed by atoms with Crippen molar-refractivity contribution in [2.45, 2.75) is 22.8 Å². The van der Waals surface area contributed by atoms with Gasteiger partial charge in [-0.25, -0.2) is 9.97 Å². The first-order chi connectivity index (χ1) is 15.1. The van der Waals surface area contributed by atoms with Crippen LogP contribution in [0.25, 0.3) is 16.6 Å². The topological polar surface area (TPSA) is 82.8 Å². The average molecular weight is 531 g/mol. The van der Waals surface area contributed by atoms with Gasteiger partial charge in [-0.3, -0.25) is 0 Å². The molecule has 4 aromatic rings. The largest absolute Gasteiger partial charge is 0.497 e. The number of hydrogen-bond donors (Lipinski definition) is 1. The minimum Gasteiger partial charge on any atom is -0.497 e. The van der Waals surface area contributed by atoms with E-state index in [0.29, 0.717) is 18.2 Å². The number of para-hydroxylation sites is 1. The smallest absolute Gasteiger partial charge is 0.226 e. The molecule has 0 bridgehead atoms. The monoisotopic (exact) mass is 531 g/mol. The molecule has 2 heterocycles. The maximum absolute atomic E-state index is 5.56. The van der Waals surface area contributed by atoms with E-state index < -0.39 is 0 Å². The Morgan fingerprint density at radius 3 is 2.55 bits per heavy atom. The van der Waals surface area contributed by atoms with Crippen molar-refractivity contribution in [2.75, 3.05) is 26.6 Å². The normalized spacial score (nSPS) is 14.6. The Morgan fingerprint density at radius 1 is 1.03 bits per heavy atom. The van der Waals surface area contributed by atoms with E-state index in [9.17, 15) is 0 Å². The summed E-state index contributed by atoms with van der Waals surface area (Å²) in [7, 11) is 4.93. The lowest BCUT2D eigenvalue weighted by molar-refractivity contribution is 0.391. The lowest BCUT2D eigenvalue weighted by Crippen LogP contribution is -2.09. The van der Waals surface area contributed by atoms with Crippen LogP contribution in [0.4, 0.5) is 5.95 Å². The molecule has 5 rings (SSSR count). The summed E-state index contributed by atoms with van der Waals surface area (Å²) < 4.78 is 18.2. The number of ether oxygens (including phenoxy) is 3. The van der Waals surface area contributed by atoms with Gasteiger partial charge in [0.2, 0.25) is 5.95 Å². The number of fused-ring (bicyclic) bond motifs is 3. The van der Waals surface area contributed by atoms with E-state index in [2.05, 4.69) is 27.9 Å². The van der Waals surface area contributed by atoms with Crippen LogP contribution in [0.15, 0.2) is 36.4 Å². The fourth-order valence-electron chi connectivity index (χ4n) is 3.58. The summed E-state index contributed by atoms with van der Waals surface area (Å²) in [6.45, 7) is 0.500. The molecular weight excluding hydrogens is 509 g/mol. The van der Waals surface area contributed by atoms with Crippen molar-refractivity contribution in [3.63, 3.8) is 0 Å². The standard InChI is InChI=1S/C22H22IN5O3/c1-29-14-8-7-13(17(11-14)31-3)12-24-21-25-18-15(5-4-6-16(18)30-2)19-26-20(27-28(19)21)22(23)9-10-22/h4-8,11H,9-10,12H2,1-3H3,(H,24,25). The zero-order valence-electron chi connectivity index (χ0n) is 17.5. The van der Waals surface area contributed by atoms with Crippen LogP contribution in [-0.4, -0.2) is 40.9 Å². The molecule has 2 aromatic heterocycles. The summed E-state index contributed by atoms with van der Waals surface area (Å²) in [5, 5.41) is 9.14. The number of benzene rings is 2. The molecule has 0 radical (unpaired) electrons. The van der Waals surface area contributed by atoms with Crippen LogP contribution in [0.3, 0.4) is 0 Å². The van der Waals surface area contributed by atoms with E-state index in [1.54, 1.807) is 25.8 Å². The van der Waals surface area contributed by atoms with Crippen LogP contribution < -0.4 is 19.5 Å². The Labute approximate surface area is 193 Å². The van der Waals surface area contributed by atoms with Crippen LogP contribution in [0, 0.1) is 0 Å². The first kappa shape index (κ1) is 20.1. The van der Waals surface area contributed by atoms with Crippen molar-refractivity contribution in [3.05, 3.63) is 47.8 Å². The van der Waals surface area contributed by atoms with E-state index in [4.69, 9.17) is 29.3 Å². The molecule has 0 atom stereocenters. The van der Waals surface area contributed by atoms with Crippen molar-refractivity contribution < 1.29 is 14.2 Å². The van der Waals surface area contributed by atoms with E-state index in [-0.39, 0.29) is 3.42 Å². The lowest BCUT2D eigenvalue weighted by Gasteiger charge is -2.13. The van der Waals surface area contributed by atoms with Crippen molar-refractivity contribution in [1.82, 2.24) is 19.6 Å². The minimum atomic E-state index is 0.0193. The molecule has 160 valence electrons. The third kappa shape index (κ3) is 3.50. The Bertz CT molecular complexity index is 1290. The van der Waals surface area contributed by atoms with Crippen LogP contribution in [0.2, 0.25) is 0 Å². The second-order valence-corrected chi connectivity index (χ2v) is 9.52. The minimum absolute atomic E-state index is 0.0193. The Morgan fingerprint density at radius 2 is 1.84 bits per heavy atom. The molecule has 0 unspecified atom stereocenters. The number of alkyl halides is 1. The van der Waals surface area contributed by atoms with Crippen molar-refractivity contribution >= 4 is 45.1 Å². The van der Waals surface area contributed by atoms with Crippen LogP contribution in [0.5, 0.6) is 17.2 Å². The van der Waals surface area contributed by atoms with Gasteiger partial charge < -0.3 is 19.5 Å². The van der Waals surface area contributed by atoms with Gasteiger partial charge in [-0.2, -0.15) is 4.52 Å². The molecule has 31 heavy (non-hydrogen) atoms. The number of nitrogens with zero attached hydrogens (tertiary/aromatic N) is 4. The van der Waals surface area contributed by atoms with Gasteiger partial charge in [0.15, 0.2) is 11.5 Å². The zero-order valence-corrected chi connectivity index (χ0v) is 19.6. The second kappa shape index (κ2) is 7.70. The molecule has 0 aliphatic heterocycles. The molecule has 0 amide bonds. The predicted octanol–water partition coefficient (Wildman–Crippen LogP) is 4.34. The van der Waals surface area contributed by atoms with Crippen LogP contribution in [0.1, 0.15) is 24.2 Å². The summed E-state index contributed by atoms with van der Waals surface area (Å²) in [6.07, 6.45) is 2.18. The van der Waals surface area contributed by atoms with Crippen molar-refractivity contribution in [2.24, 2.45) is 0 Å². The highest BCUT2D eigenvalue weighted by molar-refractivity contribution is 14.1. The summed E-state index contributed by atoms with van der Waals surface area (Å²) in [5.74, 6) is 3.63. The lowest BCUT2D eigenvalue weighted by atomic mass is 10.2. The van der Waals surface area contributed by atoms with E-state index in [1.807, 2.05) is 36.4 Å². The molecule has 8 nitrogen and oxygen atoms in total. The first-order valence-electron chi connectivity index (χ1n) is 9.94. The summed E-state index contributed by atoms with van der Waals surface area (Å²) in [4.78, 5) is 9.74. The summed E-state index contributed by atoms with van der Waals surface area (Å²) in [5.41, 5.74) is 2.50. The van der Waals surface area contributed by atoms with Crippen molar-refractivity contribution in [1.29, 1.82) is 0 Å².